The van der Waals surface area contributed by atoms with Gasteiger partial charge in [-0.05, 0) is 19.1 Å². The molecule has 1 N–H and O–H groups in total. The standard InChI is InChI=1S/C13H16FN3/c1-10(12-5-3-4-6-13(12)14)15-9-11-7-8-16-17(11)2/h3-8,10,15H,9H2,1-2H3. The molecule has 1 aromatic heterocycles. The van der Waals surface area contributed by atoms with Crippen LogP contribution in [0.25, 0.3) is 0 Å². The molecule has 1 heterocycles. The van der Waals surface area contributed by atoms with Crippen molar-refractivity contribution in [2.24, 2.45) is 7.05 Å². The molecule has 1 unspecified atom stereocenters. The molecular weight excluding hydrogens is 217 g/mol. The van der Waals surface area contributed by atoms with Crippen LogP contribution in [0.15, 0.2) is 36.5 Å². The van der Waals surface area contributed by atoms with Crippen LogP contribution in [0.3, 0.4) is 0 Å². The van der Waals surface area contributed by atoms with Crippen molar-refractivity contribution in [1.29, 1.82) is 0 Å². The van der Waals surface area contributed by atoms with Gasteiger partial charge in [0.2, 0.25) is 0 Å². The van der Waals surface area contributed by atoms with Crippen LogP contribution in [0.5, 0.6) is 0 Å². The zero-order valence-electron chi connectivity index (χ0n) is 10.0. The van der Waals surface area contributed by atoms with Gasteiger partial charge in [-0.25, -0.2) is 4.39 Å². The number of nitrogens with one attached hydrogen (secondary N) is 1. The Morgan fingerprint density at radius 1 is 1.35 bits per heavy atom. The number of halogens is 1. The van der Waals surface area contributed by atoms with E-state index < -0.39 is 0 Å². The van der Waals surface area contributed by atoms with Gasteiger partial charge in [0.1, 0.15) is 5.82 Å². The number of nitrogens with zero attached hydrogens (tertiary/aromatic N) is 2. The van der Waals surface area contributed by atoms with Gasteiger partial charge in [-0.15, -0.1) is 0 Å². The molecule has 4 heteroatoms. The van der Waals surface area contributed by atoms with Crippen molar-refractivity contribution in [2.75, 3.05) is 0 Å². The topological polar surface area (TPSA) is 29.9 Å². The molecule has 3 nitrogen and oxygen atoms in total. The predicted octanol–water partition coefficient (Wildman–Crippen LogP) is 2.41. The van der Waals surface area contributed by atoms with Crippen LogP contribution < -0.4 is 5.32 Å². The molecule has 0 saturated carbocycles. The Bertz CT molecular complexity index is 493. The Balaban J connectivity index is 2.01. The largest absolute Gasteiger partial charge is 0.304 e. The van der Waals surface area contributed by atoms with E-state index in [4.69, 9.17) is 0 Å². The van der Waals surface area contributed by atoms with Crippen LogP contribution in [-0.4, -0.2) is 9.78 Å². The van der Waals surface area contributed by atoms with Crippen LogP contribution in [0.1, 0.15) is 24.2 Å². The summed E-state index contributed by atoms with van der Waals surface area (Å²) in [6.07, 6.45) is 1.75. The molecule has 17 heavy (non-hydrogen) atoms. The van der Waals surface area contributed by atoms with Crippen LogP contribution in [0.2, 0.25) is 0 Å². The number of hydrogen-bond donors (Lipinski definition) is 1. The van der Waals surface area contributed by atoms with E-state index in [2.05, 4.69) is 10.4 Å². The van der Waals surface area contributed by atoms with E-state index in [-0.39, 0.29) is 11.9 Å². The lowest BCUT2D eigenvalue weighted by Gasteiger charge is -2.14. The first-order valence-electron chi connectivity index (χ1n) is 5.63. The molecule has 0 aliphatic rings. The number of aromatic nitrogens is 2. The Kier molecular flexibility index (Phi) is 3.54. The highest BCUT2D eigenvalue weighted by atomic mass is 19.1. The summed E-state index contributed by atoms with van der Waals surface area (Å²) in [6.45, 7) is 2.63. The highest BCUT2D eigenvalue weighted by Crippen LogP contribution is 2.16. The van der Waals surface area contributed by atoms with Crippen molar-refractivity contribution in [3.8, 4) is 0 Å². The van der Waals surface area contributed by atoms with Crippen molar-refractivity contribution < 1.29 is 4.39 Å². The summed E-state index contributed by atoms with van der Waals surface area (Å²) < 4.78 is 15.3. The lowest BCUT2D eigenvalue weighted by Crippen LogP contribution is -2.20. The molecule has 2 rings (SSSR count). The fourth-order valence-electron chi connectivity index (χ4n) is 1.77. The molecule has 0 amide bonds. The molecule has 0 spiro atoms. The van der Waals surface area contributed by atoms with Gasteiger partial charge in [-0.3, -0.25) is 4.68 Å². The van der Waals surface area contributed by atoms with Crippen molar-refractivity contribution in [3.63, 3.8) is 0 Å². The molecule has 0 aliphatic carbocycles. The van der Waals surface area contributed by atoms with E-state index >= 15 is 0 Å². The average Bonchev–Trinajstić information content (AvgIpc) is 2.72. The van der Waals surface area contributed by atoms with Crippen molar-refractivity contribution in [3.05, 3.63) is 53.6 Å². The Morgan fingerprint density at radius 2 is 2.12 bits per heavy atom. The van der Waals surface area contributed by atoms with E-state index in [0.717, 1.165) is 5.69 Å². The molecule has 90 valence electrons. The highest BCUT2D eigenvalue weighted by Gasteiger charge is 2.10. The van der Waals surface area contributed by atoms with Crippen molar-refractivity contribution in [1.82, 2.24) is 15.1 Å². The van der Waals surface area contributed by atoms with Gasteiger partial charge < -0.3 is 5.32 Å². The number of aryl methyl sites for hydroxylation is 1. The second-order valence-electron chi connectivity index (χ2n) is 4.07. The third-order valence-electron chi connectivity index (χ3n) is 2.88. The molecule has 0 aliphatic heterocycles. The molecule has 2 aromatic rings. The Labute approximate surface area is 100 Å². The Morgan fingerprint density at radius 3 is 2.76 bits per heavy atom. The van der Waals surface area contributed by atoms with Gasteiger partial charge in [-0.2, -0.15) is 5.10 Å². The lowest BCUT2D eigenvalue weighted by atomic mass is 10.1. The fourth-order valence-corrected chi connectivity index (χ4v) is 1.77. The second kappa shape index (κ2) is 5.10. The second-order valence-corrected chi connectivity index (χ2v) is 4.07. The maximum absolute atomic E-state index is 13.5. The van der Waals surface area contributed by atoms with E-state index in [1.54, 1.807) is 23.0 Å². The monoisotopic (exact) mass is 233 g/mol. The van der Waals surface area contributed by atoms with Crippen LogP contribution >= 0.6 is 0 Å². The minimum Gasteiger partial charge on any atom is -0.304 e. The molecule has 0 saturated heterocycles. The van der Waals surface area contributed by atoms with Gasteiger partial charge in [0, 0.05) is 31.4 Å². The van der Waals surface area contributed by atoms with Crippen LogP contribution in [0.4, 0.5) is 4.39 Å². The van der Waals surface area contributed by atoms with E-state index in [1.807, 2.05) is 26.1 Å². The molecule has 0 fully saturated rings. The SMILES string of the molecule is CC(NCc1ccnn1C)c1ccccc1F. The molecule has 1 aromatic carbocycles. The average molecular weight is 233 g/mol. The highest BCUT2D eigenvalue weighted by molar-refractivity contribution is 5.20. The normalized spacial score (nSPS) is 12.6. The van der Waals surface area contributed by atoms with E-state index in [1.165, 1.54) is 6.07 Å². The van der Waals surface area contributed by atoms with E-state index in [9.17, 15) is 4.39 Å². The number of rotatable bonds is 4. The fraction of sp³-hybridized carbons (Fsp3) is 0.308. The molecule has 1 atom stereocenters. The van der Waals surface area contributed by atoms with Crippen LogP contribution in [0, 0.1) is 5.82 Å². The maximum Gasteiger partial charge on any atom is 0.127 e. The number of benzene rings is 1. The first-order valence-corrected chi connectivity index (χ1v) is 5.63. The van der Waals surface area contributed by atoms with Gasteiger partial charge in [-0.1, -0.05) is 18.2 Å². The van der Waals surface area contributed by atoms with Crippen LogP contribution in [-0.2, 0) is 13.6 Å². The third-order valence-corrected chi connectivity index (χ3v) is 2.88. The minimum absolute atomic E-state index is 0.0221. The van der Waals surface area contributed by atoms with Gasteiger partial charge in [0.15, 0.2) is 0 Å². The summed E-state index contributed by atoms with van der Waals surface area (Å²) in [6, 6.07) is 8.76. The zero-order valence-corrected chi connectivity index (χ0v) is 10.0. The minimum atomic E-state index is -0.169. The maximum atomic E-state index is 13.5. The number of hydrogen-bond acceptors (Lipinski definition) is 2. The van der Waals surface area contributed by atoms with E-state index in [0.29, 0.717) is 12.1 Å². The third kappa shape index (κ3) is 2.71. The summed E-state index contributed by atoms with van der Waals surface area (Å²) in [5, 5.41) is 7.37. The zero-order chi connectivity index (χ0) is 12.3. The summed E-state index contributed by atoms with van der Waals surface area (Å²) in [5.74, 6) is -0.169. The first-order chi connectivity index (χ1) is 8.18. The lowest BCUT2D eigenvalue weighted by molar-refractivity contribution is 0.515. The Hall–Kier alpha value is -1.68. The summed E-state index contributed by atoms with van der Waals surface area (Å²) in [7, 11) is 1.89. The predicted molar refractivity (Wildman–Crippen MR) is 64.9 cm³/mol. The van der Waals surface area contributed by atoms with Crippen molar-refractivity contribution in [2.45, 2.75) is 19.5 Å². The van der Waals surface area contributed by atoms with Crippen molar-refractivity contribution >= 4 is 0 Å². The van der Waals surface area contributed by atoms with Gasteiger partial charge >= 0.3 is 0 Å². The summed E-state index contributed by atoms with van der Waals surface area (Å²) >= 11 is 0. The first kappa shape index (κ1) is 11.8. The summed E-state index contributed by atoms with van der Waals surface area (Å²) in [5.41, 5.74) is 1.77. The quantitative estimate of drug-likeness (QED) is 0.878. The molecular formula is C13H16FN3. The molecule has 0 bridgehead atoms. The summed E-state index contributed by atoms with van der Waals surface area (Å²) in [4.78, 5) is 0. The smallest absolute Gasteiger partial charge is 0.127 e. The van der Waals surface area contributed by atoms with Gasteiger partial charge in [0.05, 0.1) is 5.69 Å². The van der Waals surface area contributed by atoms with Gasteiger partial charge in [0.25, 0.3) is 0 Å². The molecule has 0 radical (unpaired) electrons.